The fourth-order valence-corrected chi connectivity index (χ4v) is 4.93. The van der Waals surface area contributed by atoms with E-state index in [4.69, 9.17) is 0 Å². The van der Waals surface area contributed by atoms with Gasteiger partial charge in [-0.05, 0) is 76.3 Å². The fourth-order valence-electron chi connectivity index (χ4n) is 3.67. The van der Waals surface area contributed by atoms with E-state index in [9.17, 15) is 9.00 Å². The van der Waals surface area contributed by atoms with Gasteiger partial charge in [0, 0.05) is 33.6 Å². The first kappa shape index (κ1) is 21.3. The molecular formula is C23H36O2S. The van der Waals surface area contributed by atoms with Crippen molar-refractivity contribution < 1.29 is 9.00 Å². The van der Waals surface area contributed by atoms with E-state index in [1.807, 2.05) is 20.8 Å². The first-order valence-electron chi connectivity index (χ1n) is 10.3. The van der Waals surface area contributed by atoms with Gasteiger partial charge in [0.25, 0.3) is 0 Å². The van der Waals surface area contributed by atoms with Crippen molar-refractivity contribution in [1.29, 1.82) is 0 Å². The maximum absolute atomic E-state index is 12.7. The predicted molar refractivity (Wildman–Crippen MR) is 112 cm³/mol. The Morgan fingerprint density at radius 3 is 2.15 bits per heavy atom. The minimum absolute atomic E-state index is 0.129. The number of rotatable bonds is 8. The van der Waals surface area contributed by atoms with Crippen LogP contribution >= 0.6 is 0 Å². The normalized spacial score (nSPS) is 22.2. The molecule has 26 heavy (non-hydrogen) atoms. The SMILES string of the molecule is CCCCc1ccc(CC(=O)C2CCC(CS(=O)C(C)(C)C)CC2)cc1. The zero-order valence-electron chi connectivity index (χ0n) is 17.1. The summed E-state index contributed by atoms with van der Waals surface area (Å²) in [5, 5.41) is 0. The second-order valence-electron chi connectivity index (χ2n) is 8.91. The van der Waals surface area contributed by atoms with Crippen molar-refractivity contribution in [3.05, 3.63) is 35.4 Å². The molecule has 3 heteroatoms. The van der Waals surface area contributed by atoms with E-state index in [1.54, 1.807) is 0 Å². The summed E-state index contributed by atoms with van der Waals surface area (Å²) in [6.45, 7) is 8.35. The lowest BCUT2D eigenvalue weighted by Crippen LogP contribution is -2.30. The second-order valence-corrected chi connectivity index (χ2v) is 11.2. The second kappa shape index (κ2) is 9.82. The van der Waals surface area contributed by atoms with Crippen LogP contribution in [-0.4, -0.2) is 20.5 Å². The number of unbranched alkanes of at least 4 members (excludes halogenated alkanes) is 1. The molecule has 1 saturated carbocycles. The average Bonchev–Trinajstić information content (AvgIpc) is 2.61. The number of aryl methyl sites for hydroxylation is 1. The molecule has 0 spiro atoms. The smallest absolute Gasteiger partial charge is 0.140 e. The largest absolute Gasteiger partial charge is 0.299 e. The van der Waals surface area contributed by atoms with Crippen LogP contribution in [-0.2, 0) is 28.4 Å². The molecule has 0 aliphatic heterocycles. The van der Waals surface area contributed by atoms with Crippen molar-refractivity contribution in [2.45, 2.75) is 83.8 Å². The molecule has 1 atom stereocenters. The maximum Gasteiger partial charge on any atom is 0.140 e. The van der Waals surface area contributed by atoms with Gasteiger partial charge >= 0.3 is 0 Å². The summed E-state index contributed by atoms with van der Waals surface area (Å²) >= 11 is 0. The van der Waals surface area contributed by atoms with E-state index in [1.165, 1.54) is 18.4 Å². The Balaban J connectivity index is 1.78. The van der Waals surface area contributed by atoms with E-state index in [0.29, 0.717) is 18.1 Å². The molecule has 0 N–H and O–H groups in total. The summed E-state index contributed by atoms with van der Waals surface area (Å²) in [6.07, 6.45) is 8.18. The zero-order chi connectivity index (χ0) is 19.2. The van der Waals surface area contributed by atoms with Crippen LogP contribution in [0.5, 0.6) is 0 Å². The Labute approximate surface area is 162 Å². The number of carbonyl (C=O) groups excluding carboxylic acids is 1. The topological polar surface area (TPSA) is 34.1 Å². The van der Waals surface area contributed by atoms with Gasteiger partial charge in [-0.1, -0.05) is 37.6 Å². The van der Waals surface area contributed by atoms with E-state index in [-0.39, 0.29) is 10.7 Å². The first-order valence-corrected chi connectivity index (χ1v) is 11.6. The maximum atomic E-state index is 12.7. The van der Waals surface area contributed by atoms with E-state index in [2.05, 4.69) is 31.2 Å². The van der Waals surface area contributed by atoms with Gasteiger partial charge in [-0.3, -0.25) is 9.00 Å². The van der Waals surface area contributed by atoms with E-state index < -0.39 is 10.8 Å². The highest BCUT2D eigenvalue weighted by molar-refractivity contribution is 7.86. The molecule has 0 heterocycles. The molecule has 0 bridgehead atoms. The van der Waals surface area contributed by atoms with Crippen LogP contribution in [0.4, 0.5) is 0 Å². The molecule has 1 aliphatic rings. The van der Waals surface area contributed by atoms with Gasteiger partial charge < -0.3 is 0 Å². The number of hydrogen-bond donors (Lipinski definition) is 0. The minimum atomic E-state index is -0.778. The van der Waals surface area contributed by atoms with Crippen LogP contribution in [0.25, 0.3) is 0 Å². The molecule has 146 valence electrons. The van der Waals surface area contributed by atoms with Gasteiger partial charge in [-0.25, -0.2) is 0 Å². The molecule has 1 aromatic rings. The van der Waals surface area contributed by atoms with E-state index >= 15 is 0 Å². The lowest BCUT2D eigenvalue weighted by molar-refractivity contribution is -0.123. The highest BCUT2D eigenvalue weighted by Crippen LogP contribution is 2.32. The molecule has 1 aromatic carbocycles. The highest BCUT2D eigenvalue weighted by Gasteiger charge is 2.29. The van der Waals surface area contributed by atoms with Crippen LogP contribution in [0.2, 0.25) is 0 Å². The summed E-state index contributed by atoms with van der Waals surface area (Å²) in [6, 6.07) is 8.61. The average molecular weight is 377 g/mol. The van der Waals surface area contributed by atoms with Crippen molar-refractivity contribution in [2.24, 2.45) is 11.8 Å². The van der Waals surface area contributed by atoms with Gasteiger partial charge in [0.1, 0.15) is 5.78 Å². The predicted octanol–water partition coefficient (Wildman–Crippen LogP) is 5.49. The van der Waals surface area contributed by atoms with Gasteiger partial charge in [-0.15, -0.1) is 0 Å². The number of carbonyl (C=O) groups is 1. The van der Waals surface area contributed by atoms with Crippen molar-refractivity contribution in [1.82, 2.24) is 0 Å². The van der Waals surface area contributed by atoms with E-state index in [0.717, 1.165) is 43.4 Å². The Bertz CT molecular complexity index is 590. The number of hydrogen-bond acceptors (Lipinski definition) is 2. The first-order chi connectivity index (χ1) is 12.3. The Kier molecular flexibility index (Phi) is 8.06. The van der Waals surface area contributed by atoms with Crippen LogP contribution in [0.15, 0.2) is 24.3 Å². The molecular weight excluding hydrogens is 340 g/mol. The summed E-state index contributed by atoms with van der Waals surface area (Å²) in [5.74, 6) is 1.91. The molecule has 2 nitrogen and oxygen atoms in total. The number of benzene rings is 1. The highest BCUT2D eigenvalue weighted by atomic mass is 32.2. The number of ketones is 1. The van der Waals surface area contributed by atoms with Gasteiger partial charge in [-0.2, -0.15) is 0 Å². The standard InChI is InChI=1S/C23H36O2S/c1-5-6-7-18-8-10-19(11-9-18)16-22(24)21-14-12-20(13-15-21)17-26(25)23(2,3)4/h8-11,20-21H,5-7,12-17H2,1-4H3. The molecule has 1 unspecified atom stereocenters. The third-order valence-corrected chi connectivity index (χ3v) is 7.73. The Morgan fingerprint density at radius 2 is 1.62 bits per heavy atom. The minimum Gasteiger partial charge on any atom is -0.299 e. The summed E-state index contributed by atoms with van der Waals surface area (Å²) in [5.41, 5.74) is 2.52. The Morgan fingerprint density at radius 1 is 1.04 bits per heavy atom. The number of Topliss-reactive ketones (excluding diaryl/α,β-unsaturated/α-hetero) is 1. The third-order valence-electron chi connectivity index (χ3n) is 5.59. The van der Waals surface area contributed by atoms with Crippen LogP contribution in [0.3, 0.4) is 0 Å². The summed E-state index contributed by atoms with van der Waals surface area (Å²) in [4.78, 5) is 12.7. The lowest BCUT2D eigenvalue weighted by Gasteiger charge is -2.29. The van der Waals surface area contributed by atoms with Crippen LogP contribution in [0, 0.1) is 11.8 Å². The van der Waals surface area contributed by atoms with Gasteiger partial charge in [0.15, 0.2) is 0 Å². The molecule has 1 aliphatic carbocycles. The third kappa shape index (κ3) is 6.64. The Hall–Kier alpha value is -0.960. The zero-order valence-corrected chi connectivity index (χ0v) is 17.9. The molecule has 0 amide bonds. The van der Waals surface area contributed by atoms with Crippen LogP contribution in [0.1, 0.15) is 77.3 Å². The monoisotopic (exact) mass is 376 g/mol. The summed E-state index contributed by atoms with van der Waals surface area (Å²) < 4.78 is 12.2. The van der Waals surface area contributed by atoms with Gasteiger partial charge in [0.05, 0.1) is 0 Å². The molecule has 0 aromatic heterocycles. The van der Waals surface area contributed by atoms with Crippen molar-refractivity contribution in [2.75, 3.05) is 5.75 Å². The summed E-state index contributed by atoms with van der Waals surface area (Å²) in [7, 11) is -0.778. The quantitative estimate of drug-likeness (QED) is 0.601. The molecule has 0 radical (unpaired) electrons. The molecule has 0 saturated heterocycles. The molecule has 2 rings (SSSR count). The van der Waals surface area contributed by atoms with Crippen molar-refractivity contribution in [3.8, 4) is 0 Å². The van der Waals surface area contributed by atoms with Crippen LogP contribution < -0.4 is 0 Å². The molecule has 1 fully saturated rings. The van der Waals surface area contributed by atoms with Crippen molar-refractivity contribution >= 4 is 16.6 Å². The van der Waals surface area contributed by atoms with Crippen molar-refractivity contribution in [3.63, 3.8) is 0 Å². The van der Waals surface area contributed by atoms with Gasteiger partial charge in [0.2, 0.25) is 0 Å². The fraction of sp³-hybridized carbons (Fsp3) is 0.696. The lowest BCUT2D eigenvalue weighted by atomic mass is 9.79.